The molecule has 6 heteroatoms. The normalized spacial score (nSPS) is 23.6. The molecule has 0 amide bonds. The Morgan fingerprint density at radius 2 is 1.90 bits per heavy atom. The summed E-state index contributed by atoms with van der Waals surface area (Å²) in [6.45, 7) is 0. The lowest BCUT2D eigenvalue weighted by molar-refractivity contribution is -0.137. The number of benzene rings is 1. The van der Waals surface area contributed by atoms with E-state index in [4.69, 9.17) is 4.74 Å². The molecule has 2 rings (SSSR count). The van der Waals surface area contributed by atoms with Crippen molar-refractivity contribution in [1.29, 1.82) is 0 Å². The van der Waals surface area contributed by atoms with E-state index in [9.17, 15) is 13.2 Å². The zero-order valence-electron chi connectivity index (χ0n) is 11.1. The van der Waals surface area contributed by atoms with E-state index in [0.29, 0.717) is 10.2 Å². The summed E-state index contributed by atoms with van der Waals surface area (Å²) in [5.74, 6) is 0. The monoisotopic (exact) mass is 351 g/mol. The average Bonchev–Trinajstić information content (AvgIpc) is 2.37. The molecule has 0 spiro atoms. The van der Waals surface area contributed by atoms with E-state index >= 15 is 0 Å². The predicted octanol–water partition coefficient (Wildman–Crippen LogP) is 4.84. The van der Waals surface area contributed by atoms with Gasteiger partial charge in [-0.05, 0) is 31.0 Å². The number of halogens is 4. The van der Waals surface area contributed by atoms with Crippen LogP contribution in [-0.2, 0) is 10.9 Å². The fraction of sp³-hybridized carbons (Fsp3) is 0.571. The van der Waals surface area contributed by atoms with Crippen molar-refractivity contribution in [3.05, 3.63) is 28.2 Å². The van der Waals surface area contributed by atoms with E-state index in [1.807, 2.05) is 0 Å². The van der Waals surface area contributed by atoms with Gasteiger partial charge in [0.2, 0.25) is 0 Å². The molecule has 1 aromatic rings. The van der Waals surface area contributed by atoms with Crippen molar-refractivity contribution in [2.24, 2.45) is 0 Å². The molecule has 0 aliphatic heterocycles. The third-order valence-electron chi connectivity index (χ3n) is 3.58. The van der Waals surface area contributed by atoms with Gasteiger partial charge in [-0.25, -0.2) is 0 Å². The summed E-state index contributed by atoms with van der Waals surface area (Å²) in [6.07, 6.45) is -0.272. The molecule has 1 aliphatic rings. The van der Waals surface area contributed by atoms with E-state index in [1.165, 1.54) is 0 Å². The van der Waals surface area contributed by atoms with Crippen LogP contribution in [0, 0.1) is 0 Å². The first-order valence-corrected chi connectivity index (χ1v) is 7.36. The fourth-order valence-electron chi connectivity index (χ4n) is 2.59. The fourth-order valence-corrected chi connectivity index (χ4v) is 3.09. The molecular formula is C14H17BrF3NO. The summed E-state index contributed by atoms with van der Waals surface area (Å²) < 4.78 is 44.2. The molecule has 0 aromatic heterocycles. The van der Waals surface area contributed by atoms with E-state index in [0.717, 1.165) is 37.8 Å². The Hall–Kier alpha value is -0.750. The molecule has 1 fully saturated rings. The summed E-state index contributed by atoms with van der Waals surface area (Å²) in [5, 5.41) is 3.18. The molecule has 0 bridgehead atoms. The third-order valence-corrected chi connectivity index (χ3v) is 4.04. The predicted molar refractivity (Wildman–Crippen MR) is 75.8 cm³/mol. The highest BCUT2D eigenvalue weighted by Crippen LogP contribution is 2.34. The van der Waals surface area contributed by atoms with Gasteiger partial charge >= 0.3 is 6.18 Å². The maximum atomic E-state index is 12.8. The molecular weight excluding hydrogens is 335 g/mol. The third kappa shape index (κ3) is 3.88. The molecule has 2 nitrogen and oxygen atoms in total. The molecule has 0 radical (unpaired) electrons. The van der Waals surface area contributed by atoms with Gasteiger partial charge in [-0.2, -0.15) is 13.2 Å². The Morgan fingerprint density at radius 1 is 1.20 bits per heavy atom. The standard InChI is InChI=1S/C14H17BrF3NO/c1-20-13-5-3-2-4-12(13)19-11-7-9(14(16,17)18)6-10(15)8-11/h6-8,12-13,19H,2-5H2,1H3. The van der Waals surface area contributed by atoms with Gasteiger partial charge in [-0.3, -0.25) is 0 Å². The number of hydrogen-bond acceptors (Lipinski definition) is 2. The van der Waals surface area contributed by atoms with Gasteiger partial charge in [0.1, 0.15) is 0 Å². The van der Waals surface area contributed by atoms with Crippen LogP contribution in [0.2, 0.25) is 0 Å². The van der Waals surface area contributed by atoms with Crippen molar-refractivity contribution in [1.82, 2.24) is 0 Å². The zero-order valence-corrected chi connectivity index (χ0v) is 12.7. The van der Waals surface area contributed by atoms with Crippen molar-refractivity contribution in [2.45, 2.75) is 44.0 Å². The van der Waals surface area contributed by atoms with Crippen LogP contribution < -0.4 is 5.32 Å². The molecule has 2 unspecified atom stereocenters. The van der Waals surface area contributed by atoms with Crippen LogP contribution in [0.3, 0.4) is 0 Å². The molecule has 2 atom stereocenters. The second-order valence-electron chi connectivity index (χ2n) is 5.04. The summed E-state index contributed by atoms with van der Waals surface area (Å²) in [4.78, 5) is 0. The number of methoxy groups -OCH3 is 1. The van der Waals surface area contributed by atoms with Gasteiger partial charge in [-0.15, -0.1) is 0 Å². The average molecular weight is 352 g/mol. The van der Waals surface area contributed by atoms with Crippen molar-refractivity contribution in [3.63, 3.8) is 0 Å². The van der Waals surface area contributed by atoms with Crippen LogP contribution >= 0.6 is 15.9 Å². The SMILES string of the molecule is COC1CCCCC1Nc1cc(Br)cc(C(F)(F)F)c1. The summed E-state index contributed by atoms with van der Waals surface area (Å²) in [7, 11) is 1.65. The Morgan fingerprint density at radius 3 is 2.55 bits per heavy atom. The quantitative estimate of drug-likeness (QED) is 0.841. The molecule has 1 aromatic carbocycles. The van der Waals surface area contributed by atoms with Gasteiger partial charge in [0.25, 0.3) is 0 Å². The van der Waals surface area contributed by atoms with Gasteiger partial charge < -0.3 is 10.1 Å². The number of nitrogens with one attached hydrogen (secondary N) is 1. The molecule has 0 saturated heterocycles. The molecule has 0 heterocycles. The van der Waals surface area contributed by atoms with Crippen LogP contribution in [0.5, 0.6) is 0 Å². The largest absolute Gasteiger partial charge is 0.416 e. The van der Waals surface area contributed by atoms with Crippen molar-refractivity contribution in [3.8, 4) is 0 Å². The first-order chi connectivity index (χ1) is 9.40. The van der Waals surface area contributed by atoms with Crippen molar-refractivity contribution < 1.29 is 17.9 Å². The lowest BCUT2D eigenvalue weighted by Crippen LogP contribution is -2.37. The zero-order chi connectivity index (χ0) is 14.8. The number of rotatable bonds is 3. The Labute approximate surface area is 124 Å². The minimum Gasteiger partial charge on any atom is -0.380 e. The van der Waals surface area contributed by atoms with Crippen LogP contribution in [0.25, 0.3) is 0 Å². The van der Waals surface area contributed by atoms with Gasteiger partial charge in [0.15, 0.2) is 0 Å². The van der Waals surface area contributed by atoms with Crippen LogP contribution in [0.1, 0.15) is 31.2 Å². The van der Waals surface area contributed by atoms with Crippen LogP contribution in [-0.4, -0.2) is 19.3 Å². The maximum absolute atomic E-state index is 12.8. The highest BCUT2D eigenvalue weighted by atomic mass is 79.9. The molecule has 1 aliphatic carbocycles. The highest BCUT2D eigenvalue weighted by Gasteiger charge is 2.32. The smallest absolute Gasteiger partial charge is 0.380 e. The second kappa shape index (κ2) is 6.35. The highest BCUT2D eigenvalue weighted by molar-refractivity contribution is 9.10. The van der Waals surface area contributed by atoms with Gasteiger partial charge in [0.05, 0.1) is 17.7 Å². The van der Waals surface area contributed by atoms with Gasteiger partial charge in [-0.1, -0.05) is 28.8 Å². The van der Waals surface area contributed by atoms with Crippen molar-refractivity contribution >= 4 is 21.6 Å². The Kier molecular flexibility index (Phi) is 4.96. The lowest BCUT2D eigenvalue weighted by Gasteiger charge is -2.32. The van der Waals surface area contributed by atoms with E-state index in [-0.39, 0.29) is 12.1 Å². The minimum absolute atomic E-state index is 0.0528. The molecule has 20 heavy (non-hydrogen) atoms. The number of hydrogen-bond donors (Lipinski definition) is 1. The molecule has 112 valence electrons. The van der Waals surface area contributed by atoms with E-state index < -0.39 is 11.7 Å². The summed E-state index contributed by atoms with van der Waals surface area (Å²) in [5.41, 5.74) is -0.181. The van der Waals surface area contributed by atoms with Crippen LogP contribution in [0.15, 0.2) is 22.7 Å². The topological polar surface area (TPSA) is 21.3 Å². The molecule has 1 N–H and O–H groups in total. The van der Waals surface area contributed by atoms with Gasteiger partial charge in [0, 0.05) is 17.3 Å². The maximum Gasteiger partial charge on any atom is 0.416 e. The number of alkyl halides is 3. The lowest BCUT2D eigenvalue weighted by atomic mass is 9.92. The first-order valence-electron chi connectivity index (χ1n) is 6.57. The molecule has 1 saturated carbocycles. The van der Waals surface area contributed by atoms with Crippen molar-refractivity contribution in [2.75, 3.05) is 12.4 Å². The number of ether oxygens (including phenoxy) is 1. The Balaban J connectivity index is 2.18. The summed E-state index contributed by atoms with van der Waals surface area (Å²) >= 11 is 3.13. The summed E-state index contributed by atoms with van der Waals surface area (Å²) in [6, 6.07) is 3.95. The minimum atomic E-state index is -4.34. The van der Waals surface area contributed by atoms with Crippen LogP contribution in [0.4, 0.5) is 18.9 Å². The van der Waals surface area contributed by atoms with E-state index in [2.05, 4.69) is 21.2 Å². The Bertz CT molecular complexity index is 464. The second-order valence-corrected chi connectivity index (χ2v) is 5.95. The van der Waals surface area contributed by atoms with E-state index in [1.54, 1.807) is 13.2 Å². The first kappa shape index (κ1) is 15.6. The number of anilines is 1.